The van der Waals surface area contributed by atoms with Gasteiger partial charge in [-0.15, -0.1) is 0 Å². The average molecular weight is 291 g/mol. The van der Waals surface area contributed by atoms with Gasteiger partial charge in [0.15, 0.2) is 0 Å². The van der Waals surface area contributed by atoms with Crippen molar-refractivity contribution >= 4 is 23.4 Å². The normalized spacial score (nSPS) is 14.4. The molecule has 1 aliphatic rings. The highest BCUT2D eigenvalue weighted by atomic mass is 32.1. The number of rotatable bonds is 3. The van der Waals surface area contributed by atoms with Crippen LogP contribution >= 0.6 is 11.3 Å². The molecule has 0 aromatic carbocycles. The Labute approximate surface area is 119 Å². The van der Waals surface area contributed by atoms with Crippen LogP contribution in [0.2, 0.25) is 0 Å². The van der Waals surface area contributed by atoms with Crippen LogP contribution < -0.4 is 10.6 Å². The van der Waals surface area contributed by atoms with E-state index >= 15 is 0 Å². The molecule has 1 aliphatic heterocycles. The molecule has 1 fully saturated rings. The zero-order valence-corrected chi connectivity index (χ0v) is 11.4. The fourth-order valence-corrected chi connectivity index (χ4v) is 2.60. The summed E-state index contributed by atoms with van der Waals surface area (Å²) in [5.41, 5.74) is 1.02. The van der Waals surface area contributed by atoms with Gasteiger partial charge in [0.05, 0.1) is 6.54 Å². The van der Waals surface area contributed by atoms with Gasteiger partial charge in [0, 0.05) is 24.0 Å². The predicted molar refractivity (Wildman–Crippen MR) is 74.4 cm³/mol. The van der Waals surface area contributed by atoms with Crippen molar-refractivity contribution in [3.05, 3.63) is 34.7 Å². The highest BCUT2D eigenvalue weighted by Crippen LogP contribution is 2.24. The van der Waals surface area contributed by atoms with Crippen LogP contribution in [-0.2, 0) is 6.54 Å². The molecule has 3 rings (SSSR count). The molecular formula is C13H13N3O3S. The van der Waals surface area contributed by atoms with Crippen LogP contribution in [0.5, 0.6) is 0 Å². The Morgan fingerprint density at radius 2 is 2.35 bits per heavy atom. The summed E-state index contributed by atoms with van der Waals surface area (Å²) in [7, 11) is 0. The molecule has 0 atom stereocenters. The molecule has 104 valence electrons. The fraction of sp³-hybridized carbons (Fsp3) is 0.231. The van der Waals surface area contributed by atoms with E-state index in [0.29, 0.717) is 18.8 Å². The minimum atomic E-state index is -0.409. The molecular weight excluding hydrogens is 278 g/mol. The van der Waals surface area contributed by atoms with E-state index in [1.165, 1.54) is 0 Å². The topological polar surface area (TPSA) is 74.6 Å². The van der Waals surface area contributed by atoms with E-state index in [2.05, 4.69) is 10.6 Å². The van der Waals surface area contributed by atoms with Crippen molar-refractivity contribution in [2.45, 2.75) is 6.54 Å². The summed E-state index contributed by atoms with van der Waals surface area (Å²) >= 11 is 1.60. The minimum Gasteiger partial charge on any atom is -0.459 e. The number of amides is 4. The molecule has 3 heterocycles. The lowest BCUT2D eigenvalue weighted by molar-refractivity contribution is 0.198. The first-order chi connectivity index (χ1) is 9.74. The number of carbonyl (C=O) groups is 2. The van der Waals surface area contributed by atoms with Crippen LogP contribution in [0, 0.1) is 0 Å². The van der Waals surface area contributed by atoms with E-state index < -0.39 is 6.03 Å². The lowest BCUT2D eigenvalue weighted by Crippen LogP contribution is -2.41. The summed E-state index contributed by atoms with van der Waals surface area (Å²) in [6.07, 6.45) is 0. The summed E-state index contributed by atoms with van der Waals surface area (Å²) < 4.78 is 5.64. The molecule has 0 bridgehead atoms. The summed E-state index contributed by atoms with van der Waals surface area (Å²) in [4.78, 5) is 24.2. The van der Waals surface area contributed by atoms with Gasteiger partial charge in [-0.3, -0.25) is 0 Å². The van der Waals surface area contributed by atoms with E-state index in [-0.39, 0.29) is 12.6 Å². The van der Waals surface area contributed by atoms with Crippen LogP contribution in [0.3, 0.4) is 0 Å². The second-order valence-corrected chi connectivity index (χ2v) is 5.10. The quantitative estimate of drug-likeness (QED) is 0.910. The molecule has 2 aromatic rings. The van der Waals surface area contributed by atoms with Gasteiger partial charge in [0.25, 0.3) is 0 Å². The molecule has 0 saturated carbocycles. The summed E-state index contributed by atoms with van der Waals surface area (Å²) in [6, 6.07) is 4.89. The van der Waals surface area contributed by atoms with E-state index in [4.69, 9.17) is 4.42 Å². The van der Waals surface area contributed by atoms with Gasteiger partial charge in [-0.25, -0.2) is 14.5 Å². The maximum atomic E-state index is 11.8. The molecule has 2 aromatic heterocycles. The Balaban J connectivity index is 1.59. The number of hydrogen-bond acceptors (Lipinski definition) is 4. The number of carbonyl (C=O) groups excluding carboxylic acids is 2. The Hall–Kier alpha value is -2.28. The first-order valence-electron chi connectivity index (χ1n) is 6.18. The van der Waals surface area contributed by atoms with Crippen LogP contribution in [0.25, 0.3) is 11.3 Å². The highest BCUT2D eigenvalue weighted by molar-refractivity contribution is 7.08. The predicted octanol–water partition coefficient (Wildman–Crippen LogP) is 2.24. The molecule has 6 nitrogen and oxygen atoms in total. The van der Waals surface area contributed by atoms with E-state index in [0.717, 1.165) is 16.2 Å². The molecule has 1 saturated heterocycles. The molecule has 0 radical (unpaired) electrons. The number of nitrogens with zero attached hydrogens (tertiary/aromatic N) is 1. The smallest absolute Gasteiger partial charge is 0.325 e. The van der Waals surface area contributed by atoms with Crippen molar-refractivity contribution in [1.29, 1.82) is 0 Å². The summed E-state index contributed by atoms with van der Waals surface area (Å²) in [6.45, 7) is 1.14. The number of urea groups is 2. The molecule has 7 heteroatoms. The second-order valence-electron chi connectivity index (χ2n) is 4.32. The largest absolute Gasteiger partial charge is 0.459 e. The maximum Gasteiger partial charge on any atom is 0.325 e. The standard InChI is InChI=1S/C13H13N3O3S/c17-12-14-4-5-16(12)13(18)15-7-10-1-2-11(19-10)9-3-6-20-8-9/h1-3,6,8H,4-5,7H2,(H,14,17)(H,15,18). The van der Waals surface area contributed by atoms with Crippen molar-refractivity contribution in [1.82, 2.24) is 15.5 Å². The number of thiophene rings is 1. The minimum absolute atomic E-state index is 0.257. The summed E-state index contributed by atoms with van der Waals surface area (Å²) in [5.74, 6) is 1.42. The Kier molecular flexibility index (Phi) is 3.42. The molecule has 0 unspecified atom stereocenters. The summed E-state index contributed by atoms with van der Waals surface area (Å²) in [5, 5.41) is 9.21. The SMILES string of the molecule is O=C1NCCN1C(=O)NCc1ccc(-c2ccsc2)o1. The van der Waals surface area contributed by atoms with Crippen LogP contribution in [-0.4, -0.2) is 30.1 Å². The van der Waals surface area contributed by atoms with Gasteiger partial charge in [0.1, 0.15) is 11.5 Å². The Morgan fingerprint density at radius 1 is 1.45 bits per heavy atom. The van der Waals surface area contributed by atoms with Gasteiger partial charge in [0.2, 0.25) is 0 Å². The number of nitrogens with one attached hydrogen (secondary N) is 2. The second kappa shape index (κ2) is 5.38. The zero-order chi connectivity index (χ0) is 13.9. The lowest BCUT2D eigenvalue weighted by Gasteiger charge is -2.12. The number of hydrogen-bond donors (Lipinski definition) is 2. The van der Waals surface area contributed by atoms with Crippen molar-refractivity contribution in [2.24, 2.45) is 0 Å². The van der Waals surface area contributed by atoms with Crippen LogP contribution in [0.15, 0.2) is 33.4 Å². The van der Waals surface area contributed by atoms with Crippen molar-refractivity contribution in [2.75, 3.05) is 13.1 Å². The first-order valence-corrected chi connectivity index (χ1v) is 7.13. The lowest BCUT2D eigenvalue weighted by atomic mass is 10.3. The third-order valence-electron chi connectivity index (χ3n) is 2.98. The molecule has 4 amide bonds. The van der Waals surface area contributed by atoms with Gasteiger partial charge >= 0.3 is 12.1 Å². The van der Waals surface area contributed by atoms with E-state index in [1.807, 2.05) is 29.0 Å². The monoisotopic (exact) mass is 291 g/mol. The number of imide groups is 1. The Morgan fingerprint density at radius 3 is 3.05 bits per heavy atom. The Bertz CT molecular complexity index is 621. The molecule has 0 aliphatic carbocycles. The van der Waals surface area contributed by atoms with Crippen molar-refractivity contribution in [3.63, 3.8) is 0 Å². The van der Waals surface area contributed by atoms with Crippen molar-refractivity contribution < 1.29 is 14.0 Å². The average Bonchev–Trinajstić information content (AvgIpc) is 3.16. The zero-order valence-electron chi connectivity index (χ0n) is 10.6. The van der Waals surface area contributed by atoms with E-state index in [1.54, 1.807) is 11.3 Å². The maximum absolute atomic E-state index is 11.8. The van der Waals surface area contributed by atoms with E-state index in [9.17, 15) is 9.59 Å². The van der Waals surface area contributed by atoms with Gasteiger partial charge in [-0.2, -0.15) is 11.3 Å². The van der Waals surface area contributed by atoms with Gasteiger partial charge < -0.3 is 15.1 Å². The first kappa shape index (κ1) is 12.7. The molecule has 20 heavy (non-hydrogen) atoms. The van der Waals surface area contributed by atoms with Crippen LogP contribution in [0.1, 0.15) is 5.76 Å². The van der Waals surface area contributed by atoms with Gasteiger partial charge in [-0.05, 0) is 23.6 Å². The highest BCUT2D eigenvalue weighted by Gasteiger charge is 2.25. The van der Waals surface area contributed by atoms with Crippen molar-refractivity contribution in [3.8, 4) is 11.3 Å². The van der Waals surface area contributed by atoms with Gasteiger partial charge in [-0.1, -0.05) is 0 Å². The number of furan rings is 1. The van der Waals surface area contributed by atoms with Crippen LogP contribution in [0.4, 0.5) is 9.59 Å². The molecule has 0 spiro atoms. The molecule has 2 N–H and O–H groups in total. The fourth-order valence-electron chi connectivity index (χ4n) is 1.96. The third-order valence-corrected chi connectivity index (χ3v) is 3.67. The third kappa shape index (κ3) is 2.53.